The highest BCUT2D eigenvalue weighted by atomic mass is 16.5. The van der Waals surface area contributed by atoms with Gasteiger partial charge in [0.25, 0.3) is 0 Å². The van der Waals surface area contributed by atoms with E-state index in [1.165, 1.54) is 5.56 Å². The summed E-state index contributed by atoms with van der Waals surface area (Å²) in [5, 5.41) is 12.7. The molecular formula is C13H19NO2. The Morgan fingerprint density at radius 2 is 2.19 bits per heavy atom. The lowest BCUT2D eigenvalue weighted by atomic mass is 10.1. The molecule has 2 rings (SSSR count). The van der Waals surface area contributed by atoms with Crippen LogP contribution >= 0.6 is 0 Å². The molecule has 1 aromatic carbocycles. The van der Waals surface area contributed by atoms with Crippen LogP contribution in [-0.4, -0.2) is 30.5 Å². The van der Waals surface area contributed by atoms with Gasteiger partial charge < -0.3 is 15.2 Å². The van der Waals surface area contributed by atoms with Crippen LogP contribution in [0.1, 0.15) is 18.4 Å². The number of ether oxygens (including phenoxy) is 1. The summed E-state index contributed by atoms with van der Waals surface area (Å²) in [6, 6.07) is 10.3. The second-order valence-corrected chi connectivity index (χ2v) is 4.21. The van der Waals surface area contributed by atoms with Crippen LogP contribution in [0.5, 0.6) is 0 Å². The zero-order valence-corrected chi connectivity index (χ0v) is 9.43. The standard InChI is InChI=1S/C13H19NO2/c15-10-12(13-7-4-8-16-13)14-9-11-5-2-1-3-6-11/h1-3,5-6,12-15H,4,7-10H2/t12-,13?/m1/s1. The summed E-state index contributed by atoms with van der Waals surface area (Å²) in [6.45, 7) is 1.75. The third-order valence-electron chi connectivity index (χ3n) is 3.02. The van der Waals surface area contributed by atoms with Gasteiger partial charge in [0.1, 0.15) is 0 Å². The van der Waals surface area contributed by atoms with Crippen LogP contribution in [0.4, 0.5) is 0 Å². The SMILES string of the molecule is OC[C@@H](NCc1ccccc1)C1CCCO1. The van der Waals surface area contributed by atoms with Crippen molar-refractivity contribution in [3.8, 4) is 0 Å². The second-order valence-electron chi connectivity index (χ2n) is 4.21. The van der Waals surface area contributed by atoms with E-state index in [1.807, 2.05) is 18.2 Å². The highest BCUT2D eigenvalue weighted by molar-refractivity contribution is 5.14. The second kappa shape index (κ2) is 5.99. The quantitative estimate of drug-likeness (QED) is 0.788. The molecule has 1 aromatic rings. The smallest absolute Gasteiger partial charge is 0.0751 e. The molecule has 1 fully saturated rings. The van der Waals surface area contributed by atoms with Crippen molar-refractivity contribution in [2.45, 2.75) is 31.5 Å². The maximum Gasteiger partial charge on any atom is 0.0751 e. The fraction of sp³-hybridized carbons (Fsp3) is 0.538. The number of hydrogen-bond donors (Lipinski definition) is 2. The number of nitrogens with one attached hydrogen (secondary N) is 1. The topological polar surface area (TPSA) is 41.5 Å². The molecule has 2 atom stereocenters. The third kappa shape index (κ3) is 3.04. The molecule has 0 aliphatic carbocycles. The van der Waals surface area contributed by atoms with Gasteiger partial charge in [-0.25, -0.2) is 0 Å². The van der Waals surface area contributed by atoms with Crippen molar-refractivity contribution in [2.75, 3.05) is 13.2 Å². The van der Waals surface area contributed by atoms with E-state index < -0.39 is 0 Å². The van der Waals surface area contributed by atoms with Gasteiger partial charge in [-0.05, 0) is 18.4 Å². The maximum absolute atomic E-state index is 9.32. The third-order valence-corrected chi connectivity index (χ3v) is 3.02. The Labute approximate surface area is 96.4 Å². The summed E-state index contributed by atoms with van der Waals surface area (Å²) in [4.78, 5) is 0. The molecule has 1 aliphatic heterocycles. The van der Waals surface area contributed by atoms with Gasteiger partial charge in [-0.3, -0.25) is 0 Å². The first-order chi connectivity index (χ1) is 7.90. The van der Waals surface area contributed by atoms with Crippen molar-refractivity contribution >= 4 is 0 Å². The van der Waals surface area contributed by atoms with Crippen molar-refractivity contribution in [1.82, 2.24) is 5.32 Å². The molecule has 2 N–H and O–H groups in total. The molecule has 88 valence electrons. The lowest BCUT2D eigenvalue weighted by Crippen LogP contribution is -2.42. The summed E-state index contributed by atoms with van der Waals surface area (Å²) in [5.41, 5.74) is 1.24. The van der Waals surface area contributed by atoms with Gasteiger partial charge in [0, 0.05) is 13.2 Å². The summed E-state index contributed by atoms with van der Waals surface area (Å²) in [6.07, 6.45) is 2.33. The van der Waals surface area contributed by atoms with Crippen LogP contribution in [0.15, 0.2) is 30.3 Å². The van der Waals surface area contributed by atoms with E-state index in [9.17, 15) is 5.11 Å². The minimum atomic E-state index is 0.0581. The number of benzene rings is 1. The summed E-state index contributed by atoms with van der Waals surface area (Å²) >= 11 is 0. The van der Waals surface area contributed by atoms with Gasteiger partial charge in [-0.15, -0.1) is 0 Å². The largest absolute Gasteiger partial charge is 0.395 e. The Balaban J connectivity index is 1.83. The normalized spacial score (nSPS) is 22.2. The molecule has 1 heterocycles. The van der Waals surface area contributed by atoms with Crippen LogP contribution < -0.4 is 5.32 Å². The average Bonchev–Trinajstić information content (AvgIpc) is 2.85. The summed E-state index contributed by atoms with van der Waals surface area (Å²) in [7, 11) is 0. The van der Waals surface area contributed by atoms with Gasteiger partial charge in [0.15, 0.2) is 0 Å². The molecule has 0 aromatic heterocycles. The average molecular weight is 221 g/mol. The minimum absolute atomic E-state index is 0.0581. The van der Waals surface area contributed by atoms with Gasteiger partial charge in [0.2, 0.25) is 0 Å². The lowest BCUT2D eigenvalue weighted by molar-refractivity contribution is 0.0550. The van der Waals surface area contributed by atoms with Crippen molar-refractivity contribution in [3.05, 3.63) is 35.9 Å². The van der Waals surface area contributed by atoms with Crippen LogP contribution in [0.3, 0.4) is 0 Å². The van der Waals surface area contributed by atoms with Gasteiger partial charge in [0.05, 0.1) is 18.8 Å². The molecule has 1 saturated heterocycles. The van der Waals surface area contributed by atoms with E-state index in [4.69, 9.17) is 4.74 Å². The fourth-order valence-electron chi connectivity index (χ4n) is 2.08. The number of aliphatic hydroxyl groups is 1. The molecule has 1 unspecified atom stereocenters. The van der Waals surface area contributed by atoms with Crippen molar-refractivity contribution < 1.29 is 9.84 Å². The zero-order chi connectivity index (χ0) is 11.2. The van der Waals surface area contributed by atoms with E-state index in [0.29, 0.717) is 0 Å². The molecule has 0 saturated carbocycles. The summed E-state index contributed by atoms with van der Waals surface area (Å²) < 4.78 is 5.57. The summed E-state index contributed by atoms with van der Waals surface area (Å²) in [5.74, 6) is 0. The first-order valence-corrected chi connectivity index (χ1v) is 5.90. The Morgan fingerprint density at radius 3 is 2.81 bits per heavy atom. The molecular weight excluding hydrogens is 202 g/mol. The van der Waals surface area contributed by atoms with Crippen molar-refractivity contribution in [2.24, 2.45) is 0 Å². The van der Waals surface area contributed by atoms with Crippen molar-refractivity contribution in [1.29, 1.82) is 0 Å². The van der Waals surface area contributed by atoms with E-state index >= 15 is 0 Å². The molecule has 3 nitrogen and oxygen atoms in total. The Morgan fingerprint density at radius 1 is 1.38 bits per heavy atom. The molecule has 0 spiro atoms. The van der Waals surface area contributed by atoms with Gasteiger partial charge in [-0.1, -0.05) is 30.3 Å². The molecule has 16 heavy (non-hydrogen) atoms. The van der Waals surface area contributed by atoms with Gasteiger partial charge >= 0.3 is 0 Å². The Kier molecular flexibility index (Phi) is 4.34. The van der Waals surface area contributed by atoms with E-state index in [-0.39, 0.29) is 18.8 Å². The predicted molar refractivity (Wildman–Crippen MR) is 63.1 cm³/mol. The molecule has 0 bridgehead atoms. The van der Waals surface area contributed by atoms with E-state index in [0.717, 1.165) is 26.0 Å². The minimum Gasteiger partial charge on any atom is -0.395 e. The number of aliphatic hydroxyl groups excluding tert-OH is 1. The fourth-order valence-corrected chi connectivity index (χ4v) is 2.08. The predicted octanol–water partition coefficient (Wildman–Crippen LogP) is 1.32. The van der Waals surface area contributed by atoms with Crippen LogP contribution in [0.25, 0.3) is 0 Å². The van der Waals surface area contributed by atoms with Crippen LogP contribution in [0.2, 0.25) is 0 Å². The molecule has 0 radical (unpaired) electrons. The molecule has 1 aliphatic rings. The maximum atomic E-state index is 9.32. The van der Waals surface area contributed by atoms with E-state index in [2.05, 4.69) is 17.4 Å². The highest BCUT2D eigenvalue weighted by Crippen LogP contribution is 2.15. The van der Waals surface area contributed by atoms with Crippen LogP contribution in [-0.2, 0) is 11.3 Å². The zero-order valence-electron chi connectivity index (χ0n) is 9.43. The van der Waals surface area contributed by atoms with Crippen LogP contribution in [0, 0.1) is 0 Å². The van der Waals surface area contributed by atoms with Gasteiger partial charge in [-0.2, -0.15) is 0 Å². The first-order valence-electron chi connectivity index (χ1n) is 5.90. The monoisotopic (exact) mass is 221 g/mol. The molecule has 0 amide bonds. The Bertz CT molecular complexity index is 296. The lowest BCUT2D eigenvalue weighted by Gasteiger charge is -2.22. The Hall–Kier alpha value is -0.900. The number of hydrogen-bond acceptors (Lipinski definition) is 3. The highest BCUT2D eigenvalue weighted by Gasteiger charge is 2.24. The first kappa shape index (κ1) is 11.6. The van der Waals surface area contributed by atoms with E-state index in [1.54, 1.807) is 0 Å². The molecule has 3 heteroatoms. The number of rotatable bonds is 5. The van der Waals surface area contributed by atoms with Crippen molar-refractivity contribution in [3.63, 3.8) is 0 Å².